The standard InChI is InChI=1S/C13H10ClN3O2S/c14-10-2-1-3-12(6-10)20(18,19)17-11-5-4-9-8-15-16-13(9)7-11/h1-8,17H,(H,15,16). The third-order valence-corrected chi connectivity index (χ3v) is 4.41. The van der Waals surface area contributed by atoms with Crippen molar-refractivity contribution in [2.24, 2.45) is 0 Å². The van der Waals surface area contributed by atoms with Gasteiger partial charge in [-0.25, -0.2) is 8.42 Å². The third-order valence-electron chi connectivity index (χ3n) is 2.80. The Morgan fingerprint density at radius 1 is 1.15 bits per heavy atom. The van der Waals surface area contributed by atoms with Crippen LogP contribution >= 0.6 is 11.6 Å². The number of sulfonamides is 1. The summed E-state index contributed by atoms with van der Waals surface area (Å²) in [4.78, 5) is 0.120. The predicted octanol–water partition coefficient (Wildman–Crippen LogP) is 3.02. The number of anilines is 1. The zero-order valence-electron chi connectivity index (χ0n) is 10.2. The molecule has 1 aromatic heterocycles. The molecular formula is C13H10ClN3O2S. The summed E-state index contributed by atoms with van der Waals surface area (Å²) in [7, 11) is -3.66. The number of nitrogens with zero attached hydrogens (tertiary/aromatic N) is 1. The van der Waals surface area contributed by atoms with Crippen LogP contribution in [0.25, 0.3) is 10.9 Å². The molecule has 3 rings (SSSR count). The largest absolute Gasteiger partial charge is 0.280 e. The summed E-state index contributed by atoms with van der Waals surface area (Å²) in [5, 5.41) is 7.96. The lowest BCUT2D eigenvalue weighted by molar-refractivity contribution is 0.601. The summed E-state index contributed by atoms with van der Waals surface area (Å²) >= 11 is 5.81. The fourth-order valence-electron chi connectivity index (χ4n) is 1.85. The van der Waals surface area contributed by atoms with Crippen molar-refractivity contribution in [2.45, 2.75) is 4.90 Å². The van der Waals surface area contributed by atoms with Crippen molar-refractivity contribution in [1.29, 1.82) is 0 Å². The maximum Gasteiger partial charge on any atom is 0.261 e. The SMILES string of the molecule is O=S(=O)(Nc1ccc2cn[nH]c2c1)c1cccc(Cl)c1. The number of benzene rings is 2. The van der Waals surface area contributed by atoms with Gasteiger partial charge in [-0.05, 0) is 36.4 Å². The van der Waals surface area contributed by atoms with E-state index in [1.165, 1.54) is 12.1 Å². The molecule has 1 heterocycles. The van der Waals surface area contributed by atoms with E-state index >= 15 is 0 Å². The number of rotatable bonds is 3. The Bertz CT molecular complexity index is 874. The first-order valence-corrected chi connectivity index (χ1v) is 7.62. The predicted molar refractivity (Wildman–Crippen MR) is 78.4 cm³/mol. The number of aromatic nitrogens is 2. The molecule has 0 saturated carbocycles. The second-order valence-electron chi connectivity index (χ2n) is 4.23. The summed E-state index contributed by atoms with van der Waals surface area (Å²) in [6, 6.07) is 11.3. The van der Waals surface area contributed by atoms with Gasteiger partial charge in [0.05, 0.1) is 22.3 Å². The minimum absolute atomic E-state index is 0.120. The Hall–Kier alpha value is -2.05. The molecule has 20 heavy (non-hydrogen) atoms. The van der Waals surface area contributed by atoms with Crippen LogP contribution in [0.15, 0.2) is 53.6 Å². The van der Waals surface area contributed by atoms with E-state index in [-0.39, 0.29) is 4.90 Å². The van der Waals surface area contributed by atoms with Gasteiger partial charge in [0.15, 0.2) is 0 Å². The van der Waals surface area contributed by atoms with Crippen LogP contribution in [-0.2, 0) is 10.0 Å². The Morgan fingerprint density at radius 3 is 2.80 bits per heavy atom. The van der Waals surface area contributed by atoms with E-state index < -0.39 is 10.0 Å². The van der Waals surface area contributed by atoms with Gasteiger partial charge in [-0.2, -0.15) is 5.10 Å². The molecule has 0 fully saturated rings. The van der Waals surface area contributed by atoms with Crippen LogP contribution < -0.4 is 4.72 Å². The third kappa shape index (κ3) is 2.48. The van der Waals surface area contributed by atoms with Crippen LogP contribution in [0.5, 0.6) is 0 Å². The van der Waals surface area contributed by atoms with Crippen molar-refractivity contribution in [3.05, 3.63) is 53.7 Å². The molecule has 7 heteroatoms. The maximum absolute atomic E-state index is 12.2. The molecule has 0 atom stereocenters. The van der Waals surface area contributed by atoms with Gasteiger partial charge in [0.1, 0.15) is 0 Å². The van der Waals surface area contributed by atoms with Crippen molar-refractivity contribution < 1.29 is 8.42 Å². The van der Waals surface area contributed by atoms with Gasteiger partial charge >= 0.3 is 0 Å². The van der Waals surface area contributed by atoms with Crippen molar-refractivity contribution in [3.63, 3.8) is 0 Å². The number of aromatic amines is 1. The van der Waals surface area contributed by atoms with E-state index in [1.807, 2.05) is 0 Å². The van der Waals surface area contributed by atoms with E-state index in [0.717, 1.165) is 10.9 Å². The minimum Gasteiger partial charge on any atom is -0.280 e. The van der Waals surface area contributed by atoms with Gasteiger partial charge in [0, 0.05) is 10.4 Å². The van der Waals surface area contributed by atoms with Gasteiger partial charge in [-0.3, -0.25) is 9.82 Å². The molecule has 0 aliphatic heterocycles. The highest BCUT2D eigenvalue weighted by atomic mass is 35.5. The zero-order valence-corrected chi connectivity index (χ0v) is 11.7. The first kappa shape index (κ1) is 13.0. The van der Waals surface area contributed by atoms with Crippen LogP contribution in [0.3, 0.4) is 0 Å². The first-order valence-electron chi connectivity index (χ1n) is 5.76. The quantitative estimate of drug-likeness (QED) is 0.781. The molecule has 5 nitrogen and oxygen atoms in total. The van der Waals surface area contributed by atoms with Crippen LogP contribution in [0.2, 0.25) is 5.02 Å². The van der Waals surface area contributed by atoms with Crippen molar-refractivity contribution in [1.82, 2.24) is 10.2 Å². The molecule has 0 radical (unpaired) electrons. The second-order valence-corrected chi connectivity index (χ2v) is 6.35. The molecule has 0 saturated heterocycles. The second kappa shape index (κ2) is 4.81. The van der Waals surface area contributed by atoms with Crippen molar-refractivity contribution in [2.75, 3.05) is 4.72 Å². The van der Waals surface area contributed by atoms with E-state index in [2.05, 4.69) is 14.9 Å². The van der Waals surface area contributed by atoms with Crippen LogP contribution in [0, 0.1) is 0 Å². The lowest BCUT2D eigenvalue weighted by Crippen LogP contribution is -2.12. The Balaban J connectivity index is 1.96. The average molecular weight is 308 g/mol. The summed E-state index contributed by atoms with van der Waals surface area (Å²) in [5.74, 6) is 0. The number of fused-ring (bicyclic) bond motifs is 1. The number of halogens is 1. The van der Waals surface area contributed by atoms with E-state index in [0.29, 0.717) is 10.7 Å². The maximum atomic E-state index is 12.2. The molecular weight excluding hydrogens is 298 g/mol. The van der Waals surface area contributed by atoms with Crippen molar-refractivity contribution in [3.8, 4) is 0 Å². The fourth-order valence-corrected chi connectivity index (χ4v) is 3.20. The Morgan fingerprint density at radius 2 is 2.00 bits per heavy atom. The normalized spacial score (nSPS) is 11.7. The lowest BCUT2D eigenvalue weighted by Gasteiger charge is -2.08. The molecule has 0 unspecified atom stereocenters. The topological polar surface area (TPSA) is 74.8 Å². The number of nitrogens with one attached hydrogen (secondary N) is 2. The average Bonchev–Trinajstić information content (AvgIpc) is 2.85. The molecule has 0 aliphatic rings. The van der Waals surface area contributed by atoms with E-state index in [1.54, 1.807) is 36.5 Å². The molecule has 0 bridgehead atoms. The van der Waals surface area contributed by atoms with Gasteiger partial charge in [-0.15, -0.1) is 0 Å². The molecule has 102 valence electrons. The van der Waals surface area contributed by atoms with Crippen LogP contribution in [0.1, 0.15) is 0 Å². The first-order chi connectivity index (χ1) is 9.54. The van der Waals surface area contributed by atoms with Crippen molar-refractivity contribution >= 4 is 38.2 Å². The monoisotopic (exact) mass is 307 g/mol. The van der Waals surface area contributed by atoms with Crippen LogP contribution in [-0.4, -0.2) is 18.6 Å². The Kier molecular flexibility index (Phi) is 3.11. The van der Waals surface area contributed by atoms with Gasteiger partial charge in [-0.1, -0.05) is 17.7 Å². The molecule has 3 aromatic rings. The molecule has 2 aromatic carbocycles. The summed E-state index contributed by atoms with van der Waals surface area (Å²) in [6.07, 6.45) is 1.67. The minimum atomic E-state index is -3.66. The summed E-state index contributed by atoms with van der Waals surface area (Å²) < 4.78 is 27.0. The van der Waals surface area contributed by atoms with Gasteiger partial charge < -0.3 is 0 Å². The highest BCUT2D eigenvalue weighted by Crippen LogP contribution is 2.21. The molecule has 0 aliphatic carbocycles. The fraction of sp³-hybridized carbons (Fsp3) is 0. The summed E-state index contributed by atoms with van der Waals surface area (Å²) in [5.41, 5.74) is 1.22. The van der Waals surface area contributed by atoms with Gasteiger partial charge in [0.25, 0.3) is 10.0 Å². The lowest BCUT2D eigenvalue weighted by atomic mass is 10.2. The molecule has 0 amide bonds. The van der Waals surface area contributed by atoms with Crippen LogP contribution in [0.4, 0.5) is 5.69 Å². The number of hydrogen-bond acceptors (Lipinski definition) is 3. The molecule has 0 spiro atoms. The smallest absolute Gasteiger partial charge is 0.261 e. The highest BCUT2D eigenvalue weighted by Gasteiger charge is 2.14. The highest BCUT2D eigenvalue weighted by molar-refractivity contribution is 7.92. The number of hydrogen-bond donors (Lipinski definition) is 2. The summed E-state index contributed by atoms with van der Waals surface area (Å²) in [6.45, 7) is 0. The zero-order chi connectivity index (χ0) is 14.2. The van der Waals surface area contributed by atoms with E-state index in [9.17, 15) is 8.42 Å². The molecule has 2 N–H and O–H groups in total. The van der Waals surface area contributed by atoms with E-state index in [4.69, 9.17) is 11.6 Å². The number of H-pyrrole nitrogens is 1. The Labute approximate surface area is 120 Å². The van der Waals surface area contributed by atoms with Gasteiger partial charge in [0.2, 0.25) is 0 Å².